The number of benzene rings is 1. The Balaban J connectivity index is 1.78. The molecular weight excluding hydrogens is 420 g/mol. The van der Waals surface area contributed by atoms with E-state index >= 15 is 0 Å². The van der Waals surface area contributed by atoms with Crippen molar-refractivity contribution in [2.45, 2.75) is 37.8 Å². The summed E-state index contributed by atoms with van der Waals surface area (Å²) in [6.45, 7) is 3.53. The maximum atomic E-state index is 12.8. The smallest absolute Gasteiger partial charge is 0.243 e. The SMILES string of the molecule is CCn1cc(Br)c(CN(C)S(=O)(=O)c2ccc(N3CCCC3=O)cc2)n1. The van der Waals surface area contributed by atoms with Crippen LogP contribution in [0.5, 0.6) is 0 Å². The van der Waals surface area contributed by atoms with Crippen LogP contribution in [0, 0.1) is 0 Å². The average Bonchev–Trinajstić information content (AvgIpc) is 3.20. The topological polar surface area (TPSA) is 75.5 Å². The van der Waals surface area contributed by atoms with Crippen molar-refractivity contribution in [2.24, 2.45) is 0 Å². The van der Waals surface area contributed by atoms with Gasteiger partial charge in [0.2, 0.25) is 15.9 Å². The van der Waals surface area contributed by atoms with Crippen LogP contribution in [-0.2, 0) is 27.9 Å². The quantitative estimate of drug-likeness (QED) is 0.691. The normalized spacial score (nSPS) is 15.2. The van der Waals surface area contributed by atoms with Crippen LogP contribution in [0.4, 0.5) is 5.69 Å². The minimum Gasteiger partial charge on any atom is -0.312 e. The van der Waals surface area contributed by atoms with Crippen LogP contribution in [0.2, 0.25) is 0 Å². The lowest BCUT2D eigenvalue weighted by atomic mass is 10.3. The fourth-order valence-electron chi connectivity index (χ4n) is 2.90. The van der Waals surface area contributed by atoms with Crippen molar-refractivity contribution in [2.75, 3.05) is 18.5 Å². The Labute approximate surface area is 161 Å². The monoisotopic (exact) mass is 440 g/mol. The molecule has 0 unspecified atom stereocenters. The van der Waals surface area contributed by atoms with E-state index in [-0.39, 0.29) is 17.3 Å². The number of halogens is 1. The number of sulfonamides is 1. The van der Waals surface area contributed by atoms with Crippen LogP contribution in [0.3, 0.4) is 0 Å². The van der Waals surface area contributed by atoms with Crippen LogP contribution < -0.4 is 4.90 Å². The molecule has 0 bridgehead atoms. The standard InChI is InChI=1S/C17H21BrN4O3S/c1-3-21-11-15(18)16(19-21)12-20(2)26(24,25)14-8-6-13(7-9-14)22-10-4-5-17(22)23/h6-9,11H,3-5,10,12H2,1-2H3. The second-order valence-corrected chi connectivity index (χ2v) is 9.08. The number of amides is 1. The summed E-state index contributed by atoms with van der Waals surface area (Å²) in [4.78, 5) is 13.7. The van der Waals surface area contributed by atoms with Gasteiger partial charge in [-0.3, -0.25) is 9.48 Å². The third kappa shape index (κ3) is 3.70. The summed E-state index contributed by atoms with van der Waals surface area (Å²) in [5, 5.41) is 4.37. The van der Waals surface area contributed by atoms with Gasteiger partial charge in [-0.05, 0) is 53.5 Å². The maximum Gasteiger partial charge on any atom is 0.243 e. The fraction of sp³-hybridized carbons (Fsp3) is 0.412. The van der Waals surface area contributed by atoms with Crippen LogP contribution in [0.25, 0.3) is 0 Å². The first kappa shape index (κ1) is 19.1. The lowest BCUT2D eigenvalue weighted by Crippen LogP contribution is -2.27. The summed E-state index contributed by atoms with van der Waals surface area (Å²) in [5.74, 6) is 0.0779. The van der Waals surface area contributed by atoms with E-state index in [1.807, 2.05) is 13.1 Å². The number of carbonyl (C=O) groups is 1. The first-order chi connectivity index (χ1) is 12.3. The molecule has 1 aromatic carbocycles. The van der Waals surface area contributed by atoms with E-state index in [1.54, 1.807) is 33.8 Å². The first-order valence-corrected chi connectivity index (χ1v) is 10.6. The van der Waals surface area contributed by atoms with Crippen molar-refractivity contribution in [1.29, 1.82) is 0 Å². The number of hydrogen-bond acceptors (Lipinski definition) is 4. The van der Waals surface area contributed by atoms with E-state index in [0.29, 0.717) is 25.2 Å². The van der Waals surface area contributed by atoms with Crippen LogP contribution >= 0.6 is 15.9 Å². The van der Waals surface area contributed by atoms with E-state index in [4.69, 9.17) is 0 Å². The highest BCUT2D eigenvalue weighted by atomic mass is 79.9. The van der Waals surface area contributed by atoms with Crippen molar-refractivity contribution in [1.82, 2.24) is 14.1 Å². The van der Waals surface area contributed by atoms with Crippen molar-refractivity contribution < 1.29 is 13.2 Å². The summed E-state index contributed by atoms with van der Waals surface area (Å²) in [5.41, 5.74) is 1.40. The van der Waals surface area contributed by atoms with Gasteiger partial charge < -0.3 is 4.90 Å². The number of carbonyl (C=O) groups excluding carboxylic acids is 1. The fourth-order valence-corrected chi connectivity index (χ4v) is 4.47. The number of anilines is 1. The molecule has 0 radical (unpaired) electrons. The van der Waals surface area contributed by atoms with Crippen molar-refractivity contribution in [3.8, 4) is 0 Å². The molecule has 0 atom stereocenters. The highest BCUT2D eigenvalue weighted by Crippen LogP contribution is 2.25. The van der Waals surface area contributed by atoms with Crippen LogP contribution in [-0.4, -0.2) is 42.0 Å². The molecule has 3 rings (SSSR count). The summed E-state index contributed by atoms with van der Waals surface area (Å²) in [6, 6.07) is 6.47. The van der Waals surface area contributed by atoms with Gasteiger partial charge in [-0.15, -0.1) is 0 Å². The lowest BCUT2D eigenvalue weighted by Gasteiger charge is -2.18. The third-order valence-corrected chi connectivity index (χ3v) is 6.89. The molecule has 0 spiro atoms. The number of aryl methyl sites for hydroxylation is 1. The Kier molecular flexibility index (Phi) is 5.50. The molecule has 2 aromatic rings. The number of rotatable bonds is 6. The predicted octanol–water partition coefficient (Wildman–Crippen LogP) is 2.61. The molecule has 26 heavy (non-hydrogen) atoms. The largest absolute Gasteiger partial charge is 0.312 e. The Bertz CT molecular complexity index is 909. The van der Waals surface area contributed by atoms with Gasteiger partial charge in [0.05, 0.1) is 21.6 Å². The number of hydrogen-bond donors (Lipinski definition) is 0. The van der Waals surface area contributed by atoms with E-state index < -0.39 is 10.0 Å². The highest BCUT2D eigenvalue weighted by molar-refractivity contribution is 9.10. The van der Waals surface area contributed by atoms with E-state index in [2.05, 4.69) is 21.0 Å². The van der Waals surface area contributed by atoms with Crippen LogP contribution in [0.15, 0.2) is 39.8 Å². The van der Waals surface area contributed by atoms with E-state index in [0.717, 1.165) is 16.6 Å². The minimum atomic E-state index is -3.65. The second kappa shape index (κ2) is 7.50. The molecule has 1 aliphatic rings. The Morgan fingerprint density at radius 1 is 1.27 bits per heavy atom. The van der Waals surface area contributed by atoms with Crippen molar-refractivity contribution in [3.05, 3.63) is 40.6 Å². The Morgan fingerprint density at radius 2 is 1.96 bits per heavy atom. The predicted molar refractivity (Wildman–Crippen MR) is 102 cm³/mol. The molecule has 1 fully saturated rings. The summed E-state index contributed by atoms with van der Waals surface area (Å²) < 4.78 is 29.4. The molecule has 0 N–H and O–H groups in total. The van der Waals surface area contributed by atoms with Gasteiger partial charge in [-0.2, -0.15) is 9.40 Å². The molecule has 0 saturated carbocycles. The van der Waals surface area contributed by atoms with E-state index in [9.17, 15) is 13.2 Å². The molecular formula is C17H21BrN4O3S. The molecule has 1 saturated heterocycles. The van der Waals surface area contributed by atoms with Gasteiger partial charge >= 0.3 is 0 Å². The summed E-state index contributed by atoms with van der Waals surface area (Å²) >= 11 is 3.42. The molecule has 9 heteroatoms. The van der Waals surface area contributed by atoms with Gasteiger partial charge in [0.15, 0.2) is 0 Å². The van der Waals surface area contributed by atoms with Crippen molar-refractivity contribution >= 4 is 37.5 Å². The van der Waals surface area contributed by atoms with Gasteiger partial charge in [-0.25, -0.2) is 8.42 Å². The van der Waals surface area contributed by atoms with E-state index in [1.165, 1.54) is 11.4 Å². The first-order valence-electron chi connectivity index (χ1n) is 8.41. The van der Waals surface area contributed by atoms with Gasteiger partial charge in [-0.1, -0.05) is 0 Å². The zero-order valence-electron chi connectivity index (χ0n) is 14.7. The van der Waals surface area contributed by atoms with Crippen LogP contribution in [0.1, 0.15) is 25.5 Å². The Morgan fingerprint density at radius 3 is 2.50 bits per heavy atom. The van der Waals surface area contributed by atoms with Gasteiger partial charge in [0.25, 0.3) is 0 Å². The minimum absolute atomic E-state index is 0.0779. The maximum absolute atomic E-state index is 12.8. The molecule has 7 nitrogen and oxygen atoms in total. The lowest BCUT2D eigenvalue weighted by molar-refractivity contribution is -0.117. The Hall–Kier alpha value is -1.71. The number of nitrogens with zero attached hydrogens (tertiary/aromatic N) is 4. The molecule has 0 aliphatic carbocycles. The zero-order valence-corrected chi connectivity index (χ0v) is 17.1. The molecule has 1 aliphatic heterocycles. The molecule has 1 aromatic heterocycles. The molecule has 2 heterocycles. The van der Waals surface area contributed by atoms with Gasteiger partial charge in [0.1, 0.15) is 0 Å². The summed E-state index contributed by atoms with van der Waals surface area (Å²) in [6.07, 6.45) is 3.21. The molecule has 140 valence electrons. The van der Waals surface area contributed by atoms with Gasteiger partial charge in [0, 0.05) is 38.4 Å². The molecule has 1 amide bonds. The highest BCUT2D eigenvalue weighted by Gasteiger charge is 2.25. The zero-order chi connectivity index (χ0) is 18.9. The summed E-state index contributed by atoms with van der Waals surface area (Å²) in [7, 11) is -2.11. The third-order valence-electron chi connectivity index (χ3n) is 4.41. The number of aromatic nitrogens is 2. The second-order valence-electron chi connectivity index (χ2n) is 6.18. The average molecular weight is 441 g/mol. The van der Waals surface area contributed by atoms with Crippen molar-refractivity contribution in [3.63, 3.8) is 0 Å².